The molecule has 148 valence electrons. The Bertz CT molecular complexity index is 860. The van der Waals surface area contributed by atoms with Gasteiger partial charge in [-0.2, -0.15) is 5.10 Å². The molecule has 0 spiro atoms. The van der Waals surface area contributed by atoms with Crippen molar-refractivity contribution in [3.8, 4) is 11.5 Å². The molecule has 28 heavy (non-hydrogen) atoms. The molecule has 0 radical (unpaired) electrons. The van der Waals surface area contributed by atoms with E-state index in [1.807, 2.05) is 31.2 Å². The number of hydrogen-bond donors (Lipinski definition) is 2. The lowest BCUT2D eigenvalue weighted by Gasteiger charge is -2.11. The molecule has 2 amide bonds. The van der Waals surface area contributed by atoms with E-state index in [0.29, 0.717) is 17.1 Å². The van der Waals surface area contributed by atoms with E-state index in [4.69, 9.17) is 9.47 Å². The fourth-order valence-corrected chi connectivity index (χ4v) is 2.51. The lowest BCUT2D eigenvalue weighted by atomic mass is 10.1. The number of methoxy groups -OCH3 is 2. The summed E-state index contributed by atoms with van der Waals surface area (Å²) in [5, 5.41) is 6.80. The molecule has 2 rings (SSSR count). The Morgan fingerprint density at radius 2 is 1.71 bits per heavy atom. The monoisotopic (exact) mass is 383 g/mol. The Morgan fingerprint density at radius 1 is 1.00 bits per heavy atom. The maximum absolute atomic E-state index is 12.2. The van der Waals surface area contributed by atoms with Crippen molar-refractivity contribution in [1.29, 1.82) is 0 Å². The highest BCUT2D eigenvalue weighted by atomic mass is 16.5. The molecule has 0 bridgehead atoms. The van der Waals surface area contributed by atoms with Crippen LogP contribution in [0.1, 0.15) is 24.5 Å². The minimum atomic E-state index is -0.259. The molecule has 2 aromatic carbocycles. The van der Waals surface area contributed by atoms with Gasteiger partial charge in [0.1, 0.15) is 11.5 Å². The molecule has 0 fully saturated rings. The van der Waals surface area contributed by atoms with Crippen LogP contribution in [0, 0.1) is 6.92 Å². The zero-order chi connectivity index (χ0) is 20.5. The number of hydrazone groups is 1. The van der Waals surface area contributed by atoms with Gasteiger partial charge in [-0.1, -0.05) is 18.2 Å². The number of rotatable bonds is 8. The van der Waals surface area contributed by atoms with Crippen LogP contribution in [0.2, 0.25) is 0 Å². The van der Waals surface area contributed by atoms with Crippen LogP contribution in [-0.4, -0.2) is 31.7 Å². The molecule has 0 saturated carbocycles. The summed E-state index contributed by atoms with van der Waals surface area (Å²) in [4.78, 5) is 24.2. The van der Waals surface area contributed by atoms with E-state index in [0.717, 1.165) is 16.9 Å². The number of nitrogens with one attached hydrogen (secondary N) is 2. The lowest BCUT2D eigenvalue weighted by Crippen LogP contribution is -2.23. The molecule has 0 heterocycles. The van der Waals surface area contributed by atoms with Crippen molar-refractivity contribution >= 4 is 23.2 Å². The van der Waals surface area contributed by atoms with Crippen LogP contribution < -0.4 is 20.2 Å². The van der Waals surface area contributed by atoms with E-state index in [9.17, 15) is 9.59 Å². The summed E-state index contributed by atoms with van der Waals surface area (Å²) in [6.45, 7) is 3.61. The Balaban J connectivity index is 1.86. The van der Waals surface area contributed by atoms with E-state index in [2.05, 4.69) is 15.8 Å². The summed E-state index contributed by atoms with van der Waals surface area (Å²) in [5.74, 6) is 0.815. The zero-order valence-electron chi connectivity index (χ0n) is 16.5. The fourth-order valence-electron chi connectivity index (χ4n) is 2.51. The van der Waals surface area contributed by atoms with Crippen molar-refractivity contribution < 1.29 is 19.1 Å². The zero-order valence-corrected chi connectivity index (χ0v) is 16.5. The highest BCUT2D eigenvalue weighted by Crippen LogP contribution is 2.25. The van der Waals surface area contributed by atoms with Crippen molar-refractivity contribution in [3.63, 3.8) is 0 Å². The van der Waals surface area contributed by atoms with Crippen LogP contribution in [0.5, 0.6) is 11.5 Å². The van der Waals surface area contributed by atoms with Crippen molar-refractivity contribution in [2.75, 3.05) is 19.5 Å². The minimum Gasteiger partial charge on any atom is -0.497 e. The molecule has 0 unspecified atom stereocenters. The molecule has 0 atom stereocenters. The first-order valence-electron chi connectivity index (χ1n) is 8.80. The molecule has 7 nitrogen and oxygen atoms in total. The second kappa shape index (κ2) is 10.1. The topological polar surface area (TPSA) is 89.0 Å². The Hall–Kier alpha value is -3.35. The molecule has 0 saturated heterocycles. The molecule has 2 aromatic rings. The smallest absolute Gasteiger partial charge is 0.244 e. The molecule has 0 aliphatic rings. The largest absolute Gasteiger partial charge is 0.497 e. The summed E-state index contributed by atoms with van der Waals surface area (Å²) >= 11 is 0. The first-order valence-corrected chi connectivity index (χ1v) is 8.80. The Labute approximate surface area is 164 Å². The molecule has 7 heteroatoms. The first-order chi connectivity index (χ1) is 13.4. The molecule has 2 N–H and O–H groups in total. The maximum Gasteiger partial charge on any atom is 0.244 e. The van der Waals surface area contributed by atoms with Crippen molar-refractivity contribution in [3.05, 3.63) is 53.6 Å². The van der Waals surface area contributed by atoms with Crippen LogP contribution in [0.4, 0.5) is 5.69 Å². The number of ether oxygens (including phenoxy) is 2. The average molecular weight is 383 g/mol. The molecule has 0 aliphatic heterocycles. The number of carbonyl (C=O) groups is 2. The lowest BCUT2D eigenvalue weighted by molar-refractivity contribution is -0.120. The van der Waals surface area contributed by atoms with Crippen LogP contribution in [0.3, 0.4) is 0 Å². The van der Waals surface area contributed by atoms with E-state index in [-0.39, 0.29) is 24.7 Å². The second-order valence-corrected chi connectivity index (χ2v) is 6.34. The van der Waals surface area contributed by atoms with E-state index in [1.54, 1.807) is 39.3 Å². The summed E-state index contributed by atoms with van der Waals surface area (Å²) in [6, 6.07) is 12.8. The predicted octanol–water partition coefficient (Wildman–Crippen LogP) is 3.08. The number of benzene rings is 2. The number of aryl methyl sites for hydroxylation is 1. The van der Waals surface area contributed by atoms with Gasteiger partial charge in [-0.3, -0.25) is 9.59 Å². The van der Waals surface area contributed by atoms with Gasteiger partial charge in [-0.15, -0.1) is 0 Å². The van der Waals surface area contributed by atoms with Crippen LogP contribution >= 0.6 is 0 Å². The first kappa shape index (κ1) is 21.0. The highest BCUT2D eigenvalue weighted by Gasteiger charge is 2.10. The Morgan fingerprint density at radius 3 is 2.36 bits per heavy atom. The van der Waals surface area contributed by atoms with Crippen molar-refractivity contribution in [2.24, 2.45) is 5.10 Å². The third-order valence-corrected chi connectivity index (χ3v) is 3.94. The second-order valence-electron chi connectivity index (χ2n) is 6.34. The van der Waals surface area contributed by atoms with Gasteiger partial charge in [0.05, 0.1) is 32.7 Å². The van der Waals surface area contributed by atoms with Gasteiger partial charge in [-0.25, -0.2) is 5.43 Å². The van der Waals surface area contributed by atoms with Gasteiger partial charge in [0.15, 0.2) is 0 Å². The van der Waals surface area contributed by atoms with Crippen LogP contribution in [-0.2, 0) is 16.0 Å². The molecule has 0 aromatic heterocycles. The number of carbonyl (C=O) groups excluding carboxylic acids is 2. The van der Waals surface area contributed by atoms with Gasteiger partial charge in [0.2, 0.25) is 11.8 Å². The van der Waals surface area contributed by atoms with E-state index >= 15 is 0 Å². The van der Waals surface area contributed by atoms with E-state index < -0.39 is 0 Å². The number of nitrogens with zero attached hydrogens (tertiary/aromatic N) is 1. The molecular formula is C21H25N3O4. The SMILES string of the molecule is COc1ccc(CC(=O)NN=C(C)CC(=O)Nc2cc(C)ccc2OC)cc1. The Kier molecular flexibility index (Phi) is 7.56. The van der Waals surface area contributed by atoms with Gasteiger partial charge in [0.25, 0.3) is 0 Å². The predicted molar refractivity (Wildman–Crippen MR) is 109 cm³/mol. The highest BCUT2D eigenvalue weighted by molar-refractivity contribution is 6.06. The third kappa shape index (κ3) is 6.42. The third-order valence-electron chi connectivity index (χ3n) is 3.94. The van der Waals surface area contributed by atoms with Gasteiger partial charge in [0, 0.05) is 5.71 Å². The molecular weight excluding hydrogens is 358 g/mol. The van der Waals surface area contributed by atoms with Gasteiger partial charge in [-0.05, 0) is 49.2 Å². The number of anilines is 1. The van der Waals surface area contributed by atoms with Crippen molar-refractivity contribution in [1.82, 2.24) is 5.43 Å². The summed E-state index contributed by atoms with van der Waals surface area (Å²) in [5.41, 5.74) is 5.42. The van der Waals surface area contributed by atoms with Gasteiger partial charge >= 0.3 is 0 Å². The maximum atomic E-state index is 12.2. The normalized spacial score (nSPS) is 10.9. The van der Waals surface area contributed by atoms with Gasteiger partial charge < -0.3 is 14.8 Å². The number of hydrogen-bond acceptors (Lipinski definition) is 5. The summed E-state index contributed by atoms with van der Waals surface area (Å²) < 4.78 is 10.3. The fraction of sp³-hybridized carbons (Fsp3) is 0.286. The van der Waals surface area contributed by atoms with Crippen LogP contribution in [0.15, 0.2) is 47.6 Å². The van der Waals surface area contributed by atoms with Crippen molar-refractivity contribution in [2.45, 2.75) is 26.7 Å². The van der Waals surface area contributed by atoms with Crippen LogP contribution in [0.25, 0.3) is 0 Å². The number of amides is 2. The van der Waals surface area contributed by atoms with E-state index in [1.165, 1.54) is 0 Å². The molecule has 0 aliphatic carbocycles. The quantitative estimate of drug-likeness (QED) is 0.542. The summed E-state index contributed by atoms with van der Waals surface area (Å²) in [6.07, 6.45) is 0.243. The minimum absolute atomic E-state index is 0.0555. The standard InChI is InChI=1S/C21H25N3O4/c1-14-5-10-19(28-4)18(11-14)22-20(25)12-15(2)23-24-21(26)13-16-6-8-17(27-3)9-7-16/h5-11H,12-13H2,1-4H3,(H,22,25)(H,24,26). The average Bonchev–Trinajstić information content (AvgIpc) is 2.67. The summed E-state index contributed by atoms with van der Waals surface area (Å²) in [7, 11) is 3.13.